The molecule has 0 aliphatic carbocycles. The first-order valence-electron chi connectivity index (χ1n) is 7.21. The van der Waals surface area contributed by atoms with Crippen molar-refractivity contribution in [2.45, 2.75) is 26.3 Å². The molecule has 2 aromatic carbocycles. The quantitative estimate of drug-likeness (QED) is 0.882. The van der Waals surface area contributed by atoms with E-state index in [2.05, 4.69) is 5.32 Å². The van der Waals surface area contributed by atoms with Gasteiger partial charge in [0, 0.05) is 17.0 Å². The molecule has 0 heterocycles. The average Bonchev–Trinajstić information content (AvgIpc) is 2.47. The largest absolute Gasteiger partial charge is 0.480 e. The van der Waals surface area contributed by atoms with Crippen LogP contribution in [0, 0.1) is 13.8 Å². The summed E-state index contributed by atoms with van der Waals surface area (Å²) in [5.41, 5.74) is 3.17. The number of hydrogen-bond donors (Lipinski definition) is 2. The summed E-state index contributed by atoms with van der Waals surface area (Å²) in [6.45, 7) is 3.79. The van der Waals surface area contributed by atoms with Crippen LogP contribution in [0.25, 0.3) is 0 Å². The van der Waals surface area contributed by atoms with E-state index in [1.165, 1.54) is 0 Å². The summed E-state index contributed by atoms with van der Waals surface area (Å²) in [4.78, 5) is 23.7. The molecular weight excluding hydrogens is 314 g/mol. The van der Waals surface area contributed by atoms with Crippen molar-refractivity contribution in [1.82, 2.24) is 5.32 Å². The van der Waals surface area contributed by atoms with Crippen LogP contribution in [0.5, 0.6) is 0 Å². The molecule has 4 nitrogen and oxygen atoms in total. The lowest BCUT2D eigenvalue weighted by Gasteiger charge is -2.15. The maximum absolute atomic E-state index is 12.3. The van der Waals surface area contributed by atoms with E-state index in [0.717, 1.165) is 16.7 Å². The molecule has 0 aliphatic rings. The van der Waals surface area contributed by atoms with Gasteiger partial charge in [-0.3, -0.25) is 4.79 Å². The normalized spacial score (nSPS) is 11.8. The summed E-state index contributed by atoms with van der Waals surface area (Å²) in [6, 6.07) is 11.3. The fraction of sp³-hybridized carbons (Fsp3) is 0.222. The molecule has 2 N–H and O–H groups in total. The third kappa shape index (κ3) is 4.83. The third-order valence-electron chi connectivity index (χ3n) is 3.44. The van der Waals surface area contributed by atoms with Gasteiger partial charge in [-0.2, -0.15) is 0 Å². The fourth-order valence-electron chi connectivity index (χ4n) is 2.40. The third-order valence-corrected chi connectivity index (χ3v) is 3.69. The summed E-state index contributed by atoms with van der Waals surface area (Å²) >= 11 is 5.82. The van der Waals surface area contributed by atoms with Crippen LogP contribution in [0.4, 0.5) is 0 Å². The zero-order valence-corrected chi connectivity index (χ0v) is 13.7. The Morgan fingerprint density at radius 2 is 1.65 bits per heavy atom. The summed E-state index contributed by atoms with van der Waals surface area (Å²) < 4.78 is 0. The average molecular weight is 332 g/mol. The molecule has 0 fully saturated rings. The number of halogens is 1. The molecule has 1 atom stereocenters. The molecule has 2 aromatic rings. The highest BCUT2D eigenvalue weighted by Crippen LogP contribution is 2.13. The van der Waals surface area contributed by atoms with Crippen LogP contribution in [-0.4, -0.2) is 23.0 Å². The van der Waals surface area contributed by atoms with Crippen LogP contribution in [-0.2, 0) is 11.2 Å². The second-order valence-corrected chi connectivity index (χ2v) is 6.01. The highest BCUT2D eigenvalue weighted by Gasteiger charge is 2.21. The number of carboxylic acids is 1. The maximum atomic E-state index is 12.3. The number of hydrogen-bond acceptors (Lipinski definition) is 2. The summed E-state index contributed by atoms with van der Waals surface area (Å²) in [5, 5.41) is 12.5. The number of aliphatic carboxylic acids is 1. The molecule has 0 aromatic heterocycles. The smallest absolute Gasteiger partial charge is 0.326 e. The Hall–Kier alpha value is -2.33. The van der Waals surface area contributed by atoms with Gasteiger partial charge in [-0.05, 0) is 43.7 Å². The van der Waals surface area contributed by atoms with Crippen molar-refractivity contribution < 1.29 is 14.7 Å². The molecule has 23 heavy (non-hydrogen) atoms. The molecule has 1 amide bonds. The van der Waals surface area contributed by atoms with Crippen LogP contribution in [0.3, 0.4) is 0 Å². The highest BCUT2D eigenvalue weighted by atomic mass is 35.5. The Bertz CT molecular complexity index is 705. The van der Waals surface area contributed by atoms with Crippen molar-refractivity contribution in [3.05, 3.63) is 69.7 Å². The molecular formula is C18H18ClNO3. The topological polar surface area (TPSA) is 66.4 Å². The van der Waals surface area contributed by atoms with E-state index >= 15 is 0 Å². The zero-order chi connectivity index (χ0) is 17.0. The number of amides is 1. The monoisotopic (exact) mass is 331 g/mol. The maximum Gasteiger partial charge on any atom is 0.326 e. The lowest BCUT2D eigenvalue weighted by molar-refractivity contribution is -0.139. The Labute approximate surface area is 140 Å². The second kappa shape index (κ2) is 7.29. The van der Waals surface area contributed by atoms with Gasteiger partial charge in [0.05, 0.1) is 0 Å². The molecule has 2 rings (SSSR count). The first kappa shape index (κ1) is 17.0. The van der Waals surface area contributed by atoms with E-state index in [1.54, 1.807) is 36.4 Å². The van der Waals surface area contributed by atoms with Crippen molar-refractivity contribution in [3.8, 4) is 0 Å². The van der Waals surface area contributed by atoms with E-state index in [-0.39, 0.29) is 6.42 Å². The summed E-state index contributed by atoms with van der Waals surface area (Å²) in [7, 11) is 0. The Morgan fingerprint density at radius 3 is 2.17 bits per heavy atom. The van der Waals surface area contributed by atoms with Crippen LogP contribution in [0.2, 0.25) is 5.02 Å². The Balaban J connectivity index is 2.14. The van der Waals surface area contributed by atoms with Crippen LogP contribution in [0.1, 0.15) is 27.0 Å². The molecule has 120 valence electrons. The van der Waals surface area contributed by atoms with Gasteiger partial charge in [0.25, 0.3) is 5.91 Å². The highest BCUT2D eigenvalue weighted by molar-refractivity contribution is 6.30. The lowest BCUT2D eigenvalue weighted by Crippen LogP contribution is -2.42. The molecule has 0 saturated carbocycles. The van der Waals surface area contributed by atoms with E-state index in [1.807, 2.05) is 19.9 Å². The van der Waals surface area contributed by atoms with E-state index < -0.39 is 17.9 Å². The second-order valence-electron chi connectivity index (χ2n) is 5.57. The van der Waals surface area contributed by atoms with Crippen molar-refractivity contribution in [1.29, 1.82) is 0 Å². The molecule has 0 aliphatic heterocycles. The number of carbonyl (C=O) groups excluding carboxylic acids is 1. The van der Waals surface area contributed by atoms with Crippen molar-refractivity contribution >= 4 is 23.5 Å². The first-order valence-corrected chi connectivity index (χ1v) is 7.59. The molecule has 5 heteroatoms. The van der Waals surface area contributed by atoms with E-state index in [9.17, 15) is 14.7 Å². The van der Waals surface area contributed by atoms with Gasteiger partial charge in [-0.1, -0.05) is 40.9 Å². The van der Waals surface area contributed by atoms with Gasteiger partial charge in [-0.15, -0.1) is 0 Å². The number of carbonyl (C=O) groups is 2. The Kier molecular flexibility index (Phi) is 5.40. The van der Waals surface area contributed by atoms with E-state index in [0.29, 0.717) is 10.6 Å². The van der Waals surface area contributed by atoms with Crippen LogP contribution in [0.15, 0.2) is 42.5 Å². The number of nitrogens with one attached hydrogen (secondary N) is 1. The van der Waals surface area contributed by atoms with Crippen molar-refractivity contribution in [2.24, 2.45) is 0 Å². The van der Waals surface area contributed by atoms with Crippen LogP contribution < -0.4 is 5.32 Å². The summed E-state index contributed by atoms with van der Waals surface area (Å²) in [6.07, 6.45) is 0.197. The number of aryl methyl sites for hydroxylation is 2. The molecule has 0 saturated heterocycles. The fourth-order valence-corrected chi connectivity index (χ4v) is 2.53. The first-order chi connectivity index (χ1) is 10.8. The summed E-state index contributed by atoms with van der Waals surface area (Å²) in [5.74, 6) is -1.46. The van der Waals surface area contributed by atoms with Gasteiger partial charge in [0.15, 0.2) is 0 Å². The van der Waals surface area contributed by atoms with Gasteiger partial charge in [-0.25, -0.2) is 4.79 Å². The SMILES string of the molecule is Cc1cc(C)cc(C(=O)N[C@@H](Cc2ccc(Cl)cc2)C(=O)O)c1. The Morgan fingerprint density at radius 1 is 1.09 bits per heavy atom. The standard InChI is InChI=1S/C18H18ClNO3/c1-11-7-12(2)9-14(8-11)17(21)20-16(18(22)23)10-13-3-5-15(19)6-4-13/h3-9,16H,10H2,1-2H3,(H,20,21)(H,22,23)/t16-/m0/s1. The van der Waals surface area contributed by atoms with Crippen molar-refractivity contribution in [3.63, 3.8) is 0 Å². The number of benzene rings is 2. The minimum Gasteiger partial charge on any atom is -0.480 e. The zero-order valence-electron chi connectivity index (χ0n) is 13.0. The lowest BCUT2D eigenvalue weighted by atomic mass is 10.0. The molecule has 0 unspecified atom stereocenters. The molecule has 0 bridgehead atoms. The van der Waals surface area contributed by atoms with Gasteiger partial charge in [0.2, 0.25) is 0 Å². The molecule has 0 radical (unpaired) electrons. The van der Waals surface area contributed by atoms with Gasteiger partial charge < -0.3 is 10.4 Å². The van der Waals surface area contributed by atoms with Crippen LogP contribution >= 0.6 is 11.6 Å². The van der Waals surface area contributed by atoms with Crippen molar-refractivity contribution in [2.75, 3.05) is 0 Å². The predicted molar refractivity (Wildman–Crippen MR) is 90.0 cm³/mol. The minimum atomic E-state index is -1.07. The number of rotatable bonds is 5. The molecule has 0 spiro atoms. The van der Waals surface area contributed by atoms with Gasteiger partial charge in [0.1, 0.15) is 6.04 Å². The minimum absolute atomic E-state index is 0.197. The number of carboxylic acid groups (broad SMARTS) is 1. The van der Waals surface area contributed by atoms with E-state index in [4.69, 9.17) is 11.6 Å². The predicted octanol–water partition coefficient (Wildman–Crippen LogP) is 3.38. The van der Waals surface area contributed by atoms with Gasteiger partial charge >= 0.3 is 5.97 Å².